The first-order valence-corrected chi connectivity index (χ1v) is 4.01. The molecule has 0 saturated heterocycles. The summed E-state index contributed by atoms with van der Waals surface area (Å²) in [5.74, 6) is 0. The van der Waals surface area contributed by atoms with Crippen molar-refractivity contribution in [3.05, 3.63) is 17.7 Å². The number of aliphatic hydroxyl groups excluding tert-OH is 1. The minimum absolute atomic E-state index is 0.288. The van der Waals surface area contributed by atoms with Crippen LogP contribution in [-0.2, 0) is 6.54 Å². The highest BCUT2D eigenvalue weighted by Crippen LogP contribution is 2.04. The summed E-state index contributed by atoms with van der Waals surface area (Å²) in [5.41, 5.74) is 7.38. The zero-order chi connectivity index (χ0) is 9.14. The van der Waals surface area contributed by atoms with E-state index in [9.17, 15) is 5.11 Å². The Kier molecular flexibility index (Phi) is 2.83. The normalized spacial score (nSPS) is 13.3. The van der Waals surface area contributed by atoms with Crippen molar-refractivity contribution in [3.8, 4) is 0 Å². The average Bonchev–Trinajstić information content (AvgIpc) is 2.36. The van der Waals surface area contributed by atoms with Crippen molar-refractivity contribution in [2.75, 3.05) is 6.54 Å². The van der Waals surface area contributed by atoms with Crippen LogP contribution < -0.4 is 5.73 Å². The van der Waals surface area contributed by atoms with Crippen LogP contribution in [0.2, 0.25) is 0 Å². The molecule has 0 aromatic carbocycles. The molecule has 1 atom stereocenters. The molecule has 0 saturated carbocycles. The van der Waals surface area contributed by atoms with Crippen molar-refractivity contribution in [1.82, 2.24) is 9.55 Å². The van der Waals surface area contributed by atoms with Crippen LogP contribution in [0.3, 0.4) is 0 Å². The van der Waals surface area contributed by atoms with E-state index in [1.54, 1.807) is 6.33 Å². The Morgan fingerprint density at radius 3 is 2.75 bits per heavy atom. The molecule has 1 aromatic heterocycles. The average molecular weight is 169 g/mol. The Bertz CT molecular complexity index is 257. The van der Waals surface area contributed by atoms with Gasteiger partial charge in [-0.3, -0.25) is 0 Å². The van der Waals surface area contributed by atoms with E-state index in [-0.39, 0.29) is 6.54 Å². The van der Waals surface area contributed by atoms with Gasteiger partial charge < -0.3 is 15.4 Å². The number of aliphatic hydroxyl groups is 1. The van der Waals surface area contributed by atoms with Gasteiger partial charge in [0.15, 0.2) is 0 Å². The van der Waals surface area contributed by atoms with Crippen molar-refractivity contribution in [2.24, 2.45) is 5.73 Å². The van der Waals surface area contributed by atoms with Gasteiger partial charge in [-0.2, -0.15) is 0 Å². The van der Waals surface area contributed by atoms with Gasteiger partial charge in [0.1, 0.15) is 0 Å². The summed E-state index contributed by atoms with van der Waals surface area (Å²) in [6.07, 6.45) is 1.25. The number of rotatable bonds is 3. The third-order valence-electron chi connectivity index (χ3n) is 2.02. The number of imidazole rings is 1. The van der Waals surface area contributed by atoms with E-state index < -0.39 is 6.10 Å². The number of nitrogens with two attached hydrogens (primary N) is 1. The molecule has 0 spiro atoms. The Labute approximate surface area is 72.0 Å². The van der Waals surface area contributed by atoms with Crippen LogP contribution in [0.25, 0.3) is 0 Å². The first-order chi connectivity index (χ1) is 5.65. The minimum Gasteiger partial charge on any atom is -0.390 e. The molecule has 0 amide bonds. The van der Waals surface area contributed by atoms with E-state index in [0.29, 0.717) is 6.54 Å². The van der Waals surface area contributed by atoms with Gasteiger partial charge in [-0.15, -0.1) is 0 Å². The summed E-state index contributed by atoms with van der Waals surface area (Å²) < 4.78 is 1.91. The van der Waals surface area contributed by atoms with Crippen molar-refractivity contribution < 1.29 is 5.11 Å². The summed E-state index contributed by atoms with van der Waals surface area (Å²) in [6, 6.07) is 0. The van der Waals surface area contributed by atoms with Crippen LogP contribution in [0, 0.1) is 13.8 Å². The standard InChI is InChI=1S/C8H15N3O/c1-6-7(2)11(5-10-6)4-8(12)3-9/h5,8,12H,3-4,9H2,1-2H3. The first kappa shape index (κ1) is 9.22. The Hall–Kier alpha value is -0.870. The summed E-state index contributed by atoms with van der Waals surface area (Å²) in [7, 11) is 0. The fourth-order valence-corrected chi connectivity index (χ4v) is 1.03. The fourth-order valence-electron chi connectivity index (χ4n) is 1.03. The lowest BCUT2D eigenvalue weighted by molar-refractivity contribution is 0.161. The number of hydrogen-bond donors (Lipinski definition) is 2. The zero-order valence-electron chi connectivity index (χ0n) is 7.49. The molecule has 1 rings (SSSR count). The second-order valence-electron chi connectivity index (χ2n) is 2.96. The van der Waals surface area contributed by atoms with Gasteiger partial charge in [-0.1, -0.05) is 0 Å². The molecule has 0 fully saturated rings. The molecule has 4 nitrogen and oxygen atoms in total. The molecule has 0 aliphatic rings. The smallest absolute Gasteiger partial charge is 0.0952 e. The van der Waals surface area contributed by atoms with Crippen LogP contribution >= 0.6 is 0 Å². The lowest BCUT2D eigenvalue weighted by Gasteiger charge is -2.09. The second-order valence-corrected chi connectivity index (χ2v) is 2.96. The highest BCUT2D eigenvalue weighted by molar-refractivity contribution is 5.08. The molecule has 3 N–H and O–H groups in total. The predicted octanol–water partition coefficient (Wildman–Crippen LogP) is -0.180. The van der Waals surface area contributed by atoms with E-state index in [1.807, 2.05) is 18.4 Å². The zero-order valence-corrected chi connectivity index (χ0v) is 7.49. The van der Waals surface area contributed by atoms with Crippen molar-refractivity contribution in [1.29, 1.82) is 0 Å². The van der Waals surface area contributed by atoms with Crippen LogP contribution in [-0.4, -0.2) is 27.3 Å². The Morgan fingerprint density at radius 2 is 2.33 bits per heavy atom. The predicted molar refractivity (Wildman–Crippen MR) is 46.8 cm³/mol. The minimum atomic E-state index is -0.475. The van der Waals surface area contributed by atoms with E-state index in [0.717, 1.165) is 11.4 Å². The van der Waals surface area contributed by atoms with E-state index >= 15 is 0 Å². The lowest BCUT2D eigenvalue weighted by Crippen LogP contribution is -2.25. The summed E-state index contributed by atoms with van der Waals surface area (Å²) >= 11 is 0. The van der Waals surface area contributed by atoms with Gasteiger partial charge in [0, 0.05) is 12.2 Å². The third-order valence-corrected chi connectivity index (χ3v) is 2.02. The lowest BCUT2D eigenvalue weighted by atomic mass is 10.3. The molecule has 0 aliphatic carbocycles. The van der Waals surface area contributed by atoms with E-state index in [1.165, 1.54) is 0 Å². The molecule has 1 aromatic rings. The van der Waals surface area contributed by atoms with Gasteiger partial charge in [0.2, 0.25) is 0 Å². The van der Waals surface area contributed by atoms with Gasteiger partial charge >= 0.3 is 0 Å². The van der Waals surface area contributed by atoms with Gasteiger partial charge in [0.05, 0.1) is 24.7 Å². The molecule has 0 radical (unpaired) electrons. The second kappa shape index (κ2) is 3.69. The highest BCUT2D eigenvalue weighted by atomic mass is 16.3. The molecule has 68 valence electrons. The monoisotopic (exact) mass is 169 g/mol. The molecule has 4 heteroatoms. The van der Waals surface area contributed by atoms with Crippen LogP contribution in [0.4, 0.5) is 0 Å². The number of aromatic nitrogens is 2. The Balaban J connectivity index is 2.69. The quantitative estimate of drug-likeness (QED) is 0.659. The molecular formula is C8H15N3O. The largest absolute Gasteiger partial charge is 0.390 e. The topological polar surface area (TPSA) is 64.1 Å². The molecular weight excluding hydrogens is 154 g/mol. The molecule has 0 bridgehead atoms. The number of hydrogen-bond acceptors (Lipinski definition) is 3. The maximum atomic E-state index is 9.27. The van der Waals surface area contributed by atoms with Gasteiger partial charge in [-0.25, -0.2) is 4.98 Å². The van der Waals surface area contributed by atoms with Crippen LogP contribution in [0.1, 0.15) is 11.4 Å². The summed E-state index contributed by atoms with van der Waals surface area (Å²) in [4.78, 5) is 4.11. The fraction of sp³-hybridized carbons (Fsp3) is 0.625. The highest BCUT2D eigenvalue weighted by Gasteiger charge is 2.06. The maximum Gasteiger partial charge on any atom is 0.0952 e. The van der Waals surface area contributed by atoms with E-state index in [4.69, 9.17) is 5.73 Å². The molecule has 0 aliphatic heterocycles. The van der Waals surface area contributed by atoms with Crippen LogP contribution in [0.15, 0.2) is 6.33 Å². The SMILES string of the molecule is Cc1ncn(CC(O)CN)c1C. The van der Waals surface area contributed by atoms with Gasteiger partial charge in [-0.05, 0) is 13.8 Å². The molecule has 1 unspecified atom stereocenters. The number of aryl methyl sites for hydroxylation is 1. The Morgan fingerprint density at radius 1 is 1.67 bits per heavy atom. The van der Waals surface area contributed by atoms with Crippen molar-refractivity contribution in [2.45, 2.75) is 26.5 Å². The van der Waals surface area contributed by atoms with E-state index in [2.05, 4.69) is 4.98 Å². The molecule has 1 heterocycles. The van der Waals surface area contributed by atoms with Crippen LogP contribution in [0.5, 0.6) is 0 Å². The third kappa shape index (κ3) is 1.84. The summed E-state index contributed by atoms with van der Waals surface area (Å²) in [6.45, 7) is 4.74. The van der Waals surface area contributed by atoms with Gasteiger partial charge in [0.25, 0.3) is 0 Å². The maximum absolute atomic E-state index is 9.27. The van der Waals surface area contributed by atoms with Crippen molar-refractivity contribution in [3.63, 3.8) is 0 Å². The summed E-state index contributed by atoms with van der Waals surface area (Å²) in [5, 5.41) is 9.27. The molecule has 12 heavy (non-hydrogen) atoms. The number of nitrogens with zero attached hydrogens (tertiary/aromatic N) is 2. The van der Waals surface area contributed by atoms with Crippen molar-refractivity contribution >= 4 is 0 Å². The first-order valence-electron chi connectivity index (χ1n) is 4.01.